The quantitative estimate of drug-likeness (QED) is 0.414. The van der Waals surface area contributed by atoms with Crippen molar-refractivity contribution in [2.45, 2.75) is 19.4 Å². The molecule has 1 aliphatic heterocycles. The maximum absolute atomic E-state index is 10.9. The molecule has 0 aromatic rings. The third-order valence-corrected chi connectivity index (χ3v) is 2.49. The van der Waals surface area contributed by atoms with Gasteiger partial charge in [-0.05, 0) is 18.9 Å². The fourth-order valence-corrected chi connectivity index (χ4v) is 1.50. The molecular formula is C13H19NO3. The van der Waals surface area contributed by atoms with E-state index in [0.29, 0.717) is 6.54 Å². The zero-order chi connectivity index (χ0) is 12.7. The molecule has 0 aromatic heterocycles. The first-order valence-corrected chi connectivity index (χ1v) is 5.69. The maximum Gasteiger partial charge on any atom is 0.304 e. The molecule has 4 heteroatoms. The van der Waals surface area contributed by atoms with E-state index in [1.54, 1.807) is 13.0 Å². The number of ether oxygens (including phenoxy) is 2. The van der Waals surface area contributed by atoms with E-state index in [0.717, 1.165) is 26.3 Å². The average molecular weight is 237 g/mol. The third kappa shape index (κ3) is 5.03. The first kappa shape index (κ1) is 13.8. The molecule has 1 unspecified atom stereocenters. The topological polar surface area (TPSA) is 38.8 Å². The number of carbonyl (C=O) groups excluding carboxylic acids is 1. The Hall–Kier alpha value is -1.31. The Morgan fingerprint density at radius 3 is 2.76 bits per heavy atom. The van der Waals surface area contributed by atoms with Crippen molar-refractivity contribution in [3.8, 4) is 11.8 Å². The highest BCUT2D eigenvalue weighted by atomic mass is 16.6. The maximum atomic E-state index is 10.9. The van der Waals surface area contributed by atoms with Gasteiger partial charge < -0.3 is 9.47 Å². The third-order valence-electron chi connectivity index (χ3n) is 2.49. The number of morpholine rings is 1. The molecule has 0 N–H and O–H groups in total. The first-order valence-electron chi connectivity index (χ1n) is 5.69. The second-order valence-electron chi connectivity index (χ2n) is 4.10. The van der Waals surface area contributed by atoms with Crippen LogP contribution >= 0.6 is 0 Å². The van der Waals surface area contributed by atoms with Gasteiger partial charge in [-0.2, -0.15) is 0 Å². The van der Waals surface area contributed by atoms with Crippen molar-refractivity contribution in [1.29, 1.82) is 0 Å². The summed E-state index contributed by atoms with van der Waals surface area (Å²) in [5.74, 6) is 5.60. The van der Waals surface area contributed by atoms with E-state index in [-0.39, 0.29) is 5.97 Å². The van der Waals surface area contributed by atoms with E-state index in [4.69, 9.17) is 9.47 Å². The molecule has 1 rings (SSSR count). The standard InChI is InChI=1S/C13H19NO3/c1-4-13(3,17-12(2)15)6-5-7-14-8-10-16-11-9-14/h4H,1,7-11H2,2-3H3. The van der Waals surface area contributed by atoms with Gasteiger partial charge >= 0.3 is 5.97 Å². The number of esters is 1. The van der Waals surface area contributed by atoms with E-state index >= 15 is 0 Å². The van der Waals surface area contributed by atoms with Gasteiger partial charge in [0.15, 0.2) is 5.60 Å². The van der Waals surface area contributed by atoms with E-state index in [9.17, 15) is 4.79 Å². The van der Waals surface area contributed by atoms with Crippen molar-refractivity contribution in [3.63, 3.8) is 0 Å². The summed E-state index contributed by atoms with van der Waals surface area (Å²) in [4.78, 5) is 13.1. The number of hydrogen-bond donors (Lipinski definition) is 0. The highest BCUT2D eigenvalue weighted by Gasteiger charge is 2.20. The predicted molar refractivity (Wildman–Crippen MR) is 65.4 cm³/mol. The average Bonchev–Trinajstić information content (AvgIpc) is 2.29. The predicted octanol–water partition coefficient (Wildman–Crippen LogP) is 0.830. The lowest BCUT2D eigenvalue weighted by Gasteiger charge is -2.24. The SMILES string of the molecule is C=CC(C)(C#CCN1CCOCC1)OC(C)=O. The largest absolute Gasteiger partial charge is 0.443 e. The zero-order valence-corrected chi connectivity index (χ0v) is 10.5. The summed E-state index contributed by atoms with van der Waals surface area (Å²) in [6.45, 7) is 10.7. The monoisotopic (exact) mass is 237 g/mol. The van der Waals surface area contributed by atoms with Crippen LogP contribution in [0.3, 0.4) is 0 Å². The molecule has 17 heavy (non-hydrogen) atoms. The molecule has 1 fully saturated rings. The minimum atomic E-state index is -0.891. The summed E-state index contributed by atoms with van der Waals surface area (Å²) in [5.41, 5.74) is -0.891. The number of nitrogens with zero attached hydrogens (tertiary/aromatic N) is 1. The zero-order valence-electron chi connectivity index (χ0n) is 10.5. The molecule has 1 saturated heterocycles. The molecule has 94 valence electrons. The fourth-order valence-electron chi connectivity index (χ4n) is 1.50. The van der Waals surface area contributed by atoms with Gasteiger partial charge in [0, 0.05) is 20.0 Å². The number of carbonyl (C=O) groups is 1. The van der Waals surface area contributed by atoms with Crippen molar-refractivity contribution >= 4 is 5.97 Å². The summed E-state index contributed by atoms with van der Waals surface area (Å²) >= 11 is 0. The van der Waals surface area contributed by atoms with Crippen molar-refractivity contribution in [2.24, 2.45) is 0 Å². The van der Waals surface area contributed by atoms with Gasteiger partial charge in [-0.1, -0.05) is 12.5 Å². The second kappa shape index (κ2) is 6.43. The molecule has 1 heterocycles. The molecule has 0 bridgehead atoms. The Balaban J connectivity index is 2.49. The number of rotatable bonds is 3. The summed E-state index contributed by atoms with van der Waals surface area (Å²) in [7, 11) is 0. The van der Waals surface area contributed by atoms with Crippen molar-refractivity contribution in [1.82, 2.24) is 4.90 Å². The minimum absolute atomic E-state index is 0.354. The molecule has 1 aliphatic rings. The fraction of sp³-hybridized carbons (Fsp3) is 0.615. The highest BCUT2D eigenvalue weighted by molar-refractivity contribution is 5.67. The summed E-state index contributed by atoms with van der Waals surface area (Å²) < 4.78 is 10.3. The van der Waals surface area contributed by atoms with Crippen LogP contribution in [0.5, 0.6) is 0 Å². The Bertz CT molecular complexity index is 336. The van der Waals surface area contributed by atoms with Crippen molar-refractivity contribution in [3.05, 3.63) is 12.7 Å². The Labute approximate surface area is 103 Å². The van der Waals surface area contributed by atoms with E-state index in [2.05, 4.69) is 23.3 Å². The van der Waals surface area contributed by atoms with Crippen LogP contribution in [0.25, 0.3) is 0 Å². The molecule has 0 amide bonds. The van der Waals surface area contributed by atoms with Crippen LogP contribution in [-0.4, -0.2) is 49.3 Å². The van der Waals surface area contributed by atoms with Crippen LogP contribution in [0.1, 0.15) is 13.8 Å². The van der Waals surface area contributed by atoms with Crippen LogP contribution in [0.15, 0.2) is 12.7 Å². The molecule has 0 aromatic carbocycles. The summed E-state index contributed by atoms with van der Waals surface area (Å²) in [6, 6.07) is 0. The molecule has 0 spiro atoms. The van der Waals surface area contributed by atoms with Gasteiger partial charge in [-0.25, -0.2) is 0 Å². The van der Waals surface area contributed by atoms with Crippen LogP contribution in [-0.2, 0) is 14.3 Å². The second-order valence-corrected chi connectivity index (χ2v) is 4.10. The van der Waals surface area contributed by atoms with E-state index in [1.807, 2.05) is 0 Å². The van der Waals surface area contributed by atoms with Crippen LogP contribution < -0.4 is 0 Å². The van der Waals surface area contributed by atoms with Crippen LogP contribution in [0, 0.1) is 11.8 Å². The smallest absolute Gasteiger partial charge is 0.304 e. The normalized spacial score (nSPS) is 19.6. The molecule has 0 radical (unpaired) electrons. The van der Waals surface area contributed by atoms with Crippen LogP contribution in [0.4, 0.5) is 0 Å². The molecule has 4 nitrogen and oxygen atoms in total. The summed E-state index contributed by atoms with van der Waals surface area (Å²) in [6.07, 6.45) is 1.54. The highest BCUT2D eigenvalue weighted by Crippen LogP contribution is 2.10. The lowest BCUT2D eigenvalue weighted by Crippen LogP contribution is -2.36. The molecule has 0 saturated carbocycles. The van der Waals surface area contributed by atoms with Gasteiger partial charge in [0.1, 0.15) is 0 Å². The van der Waals surface area contributed by atoms with E-state index in [1.165, 1.54) is 6.92 Å². The Morgan fingerprint density at radius 2 is 2.24 bits per heavy atom. The van der Waals surface area contributed by atoms with Gasteiger partial charge in [0.25, 0.3) is 0 Å². The number of hydrogen-bond acceptors (Lipinski definition) is 4. The molecular weight excluding hydrogens is 218 g/mol. The van der Waals surface area contributed by atoms with Gasteiger partial charge in [-0.3, -0.25) is 9.69 Å². The Morgan fingerprint density at radius 1 is 1.59 bits per heavy atom. The molecule has 0 aliphatic carbocycles. The van der Waals surface area contributed by atoms with Gasteiger partial charge in [-0.15, -0.1) is 0 Å². The lowest BCUT2D eigenvalue weighted by molar-refractivity contribution is -0.147. The minimum Gasteiger partial charge on any atom is -0.443 e. The van der Waals surface area contributed by atoms with Gasteiger partial charge in [0.05, 0.1) is 19.8 Å². The van der Waals surface area contributed by atoms with E-state index < -0.39 is 5.60 Å². The summed E-state index contributed by atoms with van der Waals surface area (Å²) in [5, 5.41) is 0. The van der Waals surface area contributed by atoms with Crippen molar-refractivity contribution < 1.29 is 14.3 Å². The van der Waals surface area contributed by atoms with Gasteiger partial charge in [0.2, 0.25) is 0 Å². The van der Waals surface area contributed by atoms with Crippen LogP contribution in [0.2, 0.25) is 0 Å². The van der Waals surface area contributed by atoms with Crippen molar-refractivity contribution in [2.75, 3.05) is 32.8 Å². The Kier molecular flexibility index (Phi) is 5.20. The lowest BCUT2D eigenvalue weighted by atomic mass is 10.1. The first-order chi connectivity index (χ1) is 8.06. The molecule has 1 atom stereocenters.